The van der Waals surface area contributed by atoms with E-state index in [1.807, 2.05) is 53.8 Å². The smallest absolute Gasteiger partial charge is 0.343 e. The molecule has 0 radical (unpaired) electrons. The van der Waals surface area contributed by atoms with Gasteiger partial charge in [0.1, 0.15) is 12.4 Å². The second kappa shape index (κ2) is 12.0. The number of rotatable bonds is 8. The standard InChI is InChI=1S/C27H21ClINO6S/c1-16-5-3-8-20(11-16)35-10-9-30-25(31)23(37-27(30)33)14-17-12-21(29)24(22(13-17)34-2)36-26(32)18-6-4-7-19(28)15-18/h3-8,11-15H,9-10H2,1-2H3/b23-14-. The highest BCUT2D eigenvalue weighted by Gasteiger charge is 2.35. The first kappa shape index (κ1) is 27.0. The lowest BCUT2D eigenvalue weighted by Gasteiger charge is -2.14. The molecular weight excluding hydrogens is 629 g/mol. The Hall–Kier alpha value is -3.02. The van der Waals surface area contributed by atoms with E-state index in [0.29, 0.717) is 31.2 Å². The van der Waals surface area contributed by atoms with Gasteiger partial charge in [-0.2, -0.15) is 0 Å². The highest BCUT2D eigenvalue weighted by atomic mass is 127. The molecule has 1 fully saturated rings. The summed E-state index contributed by atoms with van der Waals surface area (Å²) >= 11 is 8.86. The summed E-state index contributed by atoms with van der Waals surface area (Å²) in [6, 6.07) is 17.4. The molecule has 0 aromatic heterocycles. The van der Waals surface area contributed by atoms with E-state index < -0.39 is 11.9 Å². The molecule has 1 heterocycles. The van der Waals surface area contributed by atoms with Crippen molar-refractivity contribution in [3.63, 3.8) is 0 Å². The number of amides is 2. The van der Waals surface area contributed by atoms with E-state index in [1.54, 1.807) is 36.4 Å². The fraction of sp³-hybridized carbons (Fsp3) is 0.148. The predicted molar refractivity (Wildman–Crippen MR) is 151 cm³/mol. The van der Waals surface area contributed by atoms with E-state index in [9.17, 15) is 14.4 Å². The van der Waals surface area contributed by atoms with Crippen molar-refractivity contribution in [3.8, 4) is 17.2 Å². The maximum atomic E-state index is 12.9. The molecule has 0 unspecified atom stereocenters. The monoisotopic (exact) mass is 649 g/mol. The van der Waals surface area contributed by atoms with Crippen molar-refractivity contribution >= 4 is 69.1 Å². The second-order valence-electron chi connectivity index (χ2n) is 7.93. The van der Waals surface area contributed by atoms with E-state index in [1.165, 1.54) is 13.2 Å². The lowest BCUT2D eigenvalue weighted by molar-refractivity contribution is -0.123. The minimum atomic E-state index is -0.583. The van der Waals surface area contributed by atoms with Gasteiger partial charge in [0.05, 0.1) is 27.7 Å². The molecule has 10 heteroatoms. The summed E-state index contributed by atoms with van der Waals surface area (Å²) in [4.78, 5) is 39.4. The Morgan fingerprint density at radius 1 is 1.11 bits per heavy atom. The predicted octanol–water partition coefficient (Wildman–Crippen LogP) is 6.60. The Kier molecular flexibility index (Phi) is 8.78. The minimum absolute atomic E-state index is 0.134. The van der Waals surface area contributed by atoms with Crippen molar-refractivity contribution in [2.45, 2.75) is 6.92 Å². The van der Waals surface area contributed by atoms with Crippen LogP contribution >= 0.6 is 46.0 Å². The quantitative estimate of drug-likeness (QED) is 0.118. The van der Waals surface area contributed by atoms with Gasteiger partial charge in [0.25, 0.3) is 11.1 Å². The third kappa shape index (κ3) is 6.65. The molecule has 1 aliphatic rings. The maximum Gasteiger partial charge on any atom is 0.343 e. The van der Waals surface area contributed by atoms with Crippen LogP contribution in [0.4, 0.5) is 4.79 Å². The van der Waals surface area contributed by atoms with Crippen LogP contribution in [0.2, 0.25) is 5.02 Å². The second-order valence-corrected chi connectivity index (χ2v) is 10.5. The van der Waals surface area contributed by atoms with E-state index in [-0.39, 0.29) is 29.0 Å². The molecule has 0 saturated carbocycles. The fourth-order valence-corrected chi connectivity index (χ4v) is 5.28. The Labute approximate surface area is 236 Å². The van der Waals surface area contributed by atoms with E-state index in [2.05, 4.69) is 0 Å². The van der Waals surface area contributed by atoms with Crippen LogP contribution in [0.25, 0.3) is 6.08 Å². The molecule has 4 rings (SSSR count). The van der Waals surface area contributed by atoms with Crippen LogP contribution in [0.5, 0.6) is 17.2 Å². The first-order chi connectivity index (χ1) is 17.7. The van der Waals surface area contributed by atoms with Gasteiger partial charge in [-0.1, -0.05) is 29.8 Å². The molecule has 0 bridgehead atoms. The highest BCUT2D eigenvalue weighted by molar-refractivity contribution is 14.1. The van der Waals surface area contributed by atoms with Crippen LogP contribution in [0, 0.1) is 10.5 Å². The van der Waals surface area contributed by atoms with Crippen LogP contribution in [0.15, 0.2) is 65.6 Å². The SMILES string of the molecule is COc1cc(/C=C2\SC(=O)N(CCOc3cccc(C)c3)C2=O)cc(I)c1OC(=O)c1cccc(Cl)c1. The molecule has 0 aliphatic carbocycles. The van der Waals surface area contributed by atoms with Crippen LogP contribution < -0.4 is 14.2 Å². The summed E-state index contributed by atoms with van der Waals surface area (Å²) < 4.78 is 17.3. The molecule has 2 amide bonds. The number of esters is 1. The zero-order valence-corrected chi connectivity index (χ0v) is 23.6. The summed E-state index contributed by atoms with van der Waals surface area (Å²) in [5.74, 6) is 0.250. The number of ether oxygens (including phenoxy) is 3. The first-order valence-corrected chi connectivity index (χ1v) is 13.3. The number of imide groups is 1. The Balaban J connectivity index is 1.47. The van der Waals surface area contributed by atoms with Gasteiger partial charge >= 0.3 is 5.97 Å². The summed E-state index contributed by atoms with van der Waals surface area (Å²) in [6.45, 7) is 2.28. The lowest BCUT2D eigenvalue weighted by atomic mass is 10.1. The lowest BCUT2D eigenvalue weighted by Crippen LogP contribution is -2.32. The summed E-state index contributed by atoms with van der Waals surface area (Å²) in [6.07, 6.45) is 1.61. The van der Waals surface area contributed by atoms with Gasteiger partial charge in [-0.15, -0.1) is 0 Å². The van der Waals surface area contributed by atoms with Gasteiger partial charge in [-0.05, 0) is 101 Å². The van der Waals surface area contributed by atoms with Crippen LogP contribution in [0.1, 0.15) is 21.5 Å². The molecule has 190 valence electrons. The number of carbonyl (C=O) groups excluding carboxylic acids is 3. The third-order valence-corrected chi connectivity index (χ3v) is 7.20. The fourth-order valence-electron chi connectivity index (χ4n) is 3.49. The van der Waals surface area contributed by atoms with Crippen molar-refractivity contribution in [1.82, 2.24) is 4.90 Å². The molecular formula is C27H21ClINO6S. The topological polar surface area (TPSA) is 82.1 Å². The number of hydrogen-bond donors (Lipinski definition) is 0. The van der Waals surface area contributed by atoms with E-state index >= 15 is 0 Å². The average molecular weight is 650 g/mol. The summed E-state index contributed by atoms with van der Waals surface area (Å²) in [5, 5.41) is 0.0555. The van der Waals surface area contributed by atoms with Crippen molar-refractivity contribution < 1.29 is 28.6 Å². The van der Waals surface area contributed by atoms with Gasteiger partial charge in [0.15, 0.2) is 11.5 Å². The molecule has 37 heavy (non-hydrogen) atoms. The van der Waals surface area contributed by atoms with Crippen molar-refractivity contribution in [1.29, 1.82) is 0 Å². The molecule has 0 N–H and O–H groups in total. The average Bonchev–Trinajstić information content (AvgIpc) is 3.12. The summed E-state index contributed by atoms with van der Waals surface area (Å²) in [7, 11) is 1.45. The highest BCUT2D eigenvalue weighted by Crippen LogP contribution is 2.37. The van der Waals surface area contributed by atoms with Crippen molar-refractivity contribution in [3.05, 3.63) is 90.9 Å². The van der Waals surface area contributed by atoms with Gasteiger partial charge < -0.3 is 14.2 Å². The first-order valence-electron chi connectivity index (χ1n) is 11.1. The number of aryl methyl sites for hydroxylation is 1. The van der Waals surface area contributed by atoms with Crippen molar-refractivity contribution in [2.24, 2.45) is 0 Å². The maximum absolute atomic E-state index is 12.9. The van der Waals surface area contributed by atoms with Gasteiger partial charge in [-0.3, -0.25) is 14.5 Å². The number of halogens is 2. The minimum Gasteiger partial charge on any atom is -0.493 e. The van der Waals surface area contributed by atoms with E-state index in [4.69, 9.17) is 25.8 Å². The molecule has 1 aliphatic heterocycles. The Morgan fingerprint density at radius 2 is 1.89 bits per heavy atom. The Morgan fingerprint density at radius 3 is 2.62 bits per heavy atom. The largest absolute Gasteiger partial charge is 0.493 e. The zero-order valence-electron chi connectivity index (χ0n) is 19.8. The van der Waals surface area contributed by atoms with Crippen LogP contribution in [0.3, 0.4) is 0 Å². The molecule has 3 aromatic rings. The van der Waals surface area contributed by atoms with Crippen LogP contribution in [-0.2, 0) is 4.79 Å². The molecule has 1 saturated heterocycles. The molecule has 7 nitrogen and oxygen atoms in total. The normalized spacial score (nSPS) is 14.3. The van der Waals surface area contributed by atoms with E-state index in [0.717, 1.165) is 22.2 Å². The van der Waals surface area contributed by atoms with Gasteiger partial charge in [0, 0.05) is 5.02 Å². The number of nitrogens with zero attached hydrogens (tertiary/aromatic N) is 1. The number of thioether (sulfide) groups is 1. The molecule has 0 atom stereocenters. The number of hydrogen-bond acceptors (Lipinski definition) is 7. The Bertz CT molecular complexity index is 1410. The van der Waals surface area contributed by atoms with Crippen molar-refractivity contribution in [2.75, 3.05) is 20.3 Å². The molecule has 3 aromatic carbocycles. The third-order valence-electron chi connectivity index (χ3n) is 5.25. The number of benzene rings is 3. The van der Waals surface area contributed by atoms with Gasteiger partial charge in [-0.25, -0.2) is 4.79 Å². The van der Waals surface area contributed by atoms with Crippen LogP contribution in [-0.4, -0.2) is 42.3 Å². The molecule has 0 spiro atoms. The summed E-state index contributed by atoms with van der Waals surface area (Å²) in [5.41, 5.74) is 1.97. The van der Waals surface area contributed by atoms with Gasteiger partial charge in [0.2, 0.25) is 0 Å². The number of methoxy groups -OCH3 is 1. The number of carbonyl (C=O) groups is 3. The zero-order chi connectivity index (χ0) is 26.5.